The Hall–Kier alpha value is -1.26. The summed E-state index contributed by atoms with van der Waals surface area (Å²) in [4.78, 5) is 4.55. The second-order valence-electron chi connectivity index (χ2n) is 4.57. The van der Waals surface area contributed by atoms with E-state index in [1.165, 1.54) is 16.9 Å². The summed E-state index contributed by atoms with van der Waals surface area (Å²) in [5.41, 5.74) is 3.83. The van der Waals surface area contributed by atoms with Crippen LogP contribution < -0.4 is 9.80 Å². The molecule has 2 aliphatic heterocycles. The van der Waals surface area contributed by atoms with Gasteiger partial charge in [0.1, 0.15) is 13.5 Å². The second-order valence-corrected chi connectivity index (χ2v) is 4.57. The molecule has 4 nitrogen and oxygen atoms in total. The predicted octanol–water partition coefficient (Wildman–Crippen LogP) is 1.58. The number of anilines is 2. The van der Waals surface area contributed by atoms with Gasteiger partial charge in [0.15, 0.2) is 0 Å². The van der Waals surface area contributed by atoms with E-state index in [4.69, 9.17) is 9.47 Å². The summed E-state index contributed by atoms with van der Waals surface area (Å²) in [6.07, 6.45) is 0. The van der Waals surface area contributed by atoms with Crippen molar-refractivity contribution in [2.24, 2.45) is 0 Å². The van der Waals surface area contributed by atoms with Crippen molar-refractivity contribution in [3.63, 3.8) is 0 Å². The quantitative estimate of drug-likeness (QED) is 0.775. The summed E-state index contributed by atoms with van der Waals surface area (Å²) in [5.74, 6) is 0. The molecule has 4 heteroatoms. The first-order valence-corrected chi connectivity index (χ1v) is 6.10. The minimum Gasteiger partial charge on any atom is -0.359 e. The van der Waals surface area contributed by atoms with E-state index in [1.807, 2.05) is 0 Å². The Labute approximate surface area is 102 Å². The van der Waals surface area contributed by atoms with Gasteiger partial charge in [-0.1, -0.05) is 6.07 Å². The molecule has 2 fully saturated rings. The maximum absolute atomic E-state index is 5.42. The molecule has 0 atom stereocenters. The van der Waals surface area contributed by atoms with E-state index in [2.05, 4.69) is 34.9 Å². The normalized spacial score (nSPS) is 20.3. The number of hydrogen-bond acceptors (Lipinski definition) is 4. The average Bonchev–Trinajstić information content (AvgIpc) is 3.03. The number of nitrogens with zero attached hydrogens (tertiary/aromatic N) is 2. The van der Waals surface area contributed by atoms with Crippen LogP contribution >= 0.6 is 0 Å². The van der Waals surface area contributed by atoms with Crippen LogP contribution in [0.3, 0.4) is 0 Å². The first kappa shape index (κ1) is 10.9. The highest BCUT2D eigenvalue weighted by Gasteiger charge is 2.18. The molecule has 1 aromatic rings. The van der Waals surface area contributed by atoms with Gasteiger partial charge in [0.05, 0.1) is 13.2 Å². The zero-order chi connectivity index (χ0) is 11.7. The van der Waals surface area contributed by atoms with E-state index in [0.717, 1.165) is 26.3 Å². The van der Waals surface area contributed by atoms with E-state index in [-0.39, 0.29) is 0 Å². The molecule has 2 saturated heterocycles. The molecule has 0 spiro atoms. The molecule has 2 heterocycles. The van der Waals surface area contributed by atoms with Gasteiger partial charge in [0.25, 0.3) is 0 Å². The van der Waals surface area contributed by atoms with E-state index in [9.17, 15) is 0 Å². The zero-order valence-corrected chi connectivity index (χ0v) is 10.2. The Morgan fingerprint density at radius 3 is 2.35 bits per heavy atom. The first-order chi connectivity index (χ1) is 8.34. The summed E-state index contributed by atoms with van der Waals surface area (Å²) in [7, 11) is 0. The predicted molar refractivity (Wildman–Crippen MR) is 67.5 cm³/mol. The van der Waals surface area contributed by atoms with Gasteiger partial charge in [0.2, 0.25) is 0 Å². The number of hydrogen-bond donors (Lipinski definition) is 0. The fraction of sp³-hybridized carbons (Fsp3) is 0.538. The lowest BCUT2D eigenvalue weighted by Crippen LogP contribution is -2.22. The van der Waals surface area contributed by atoms with Crippen LogP contribution in [0.5, 0.6) is 0 Å². The van der Waals surface area contributed by atoms with Gasteiger partial charge in [-0.15, -0.1) is 0 Å². The molecule has 1 aromatic carbocycles. The molecule has 0 N–H and O–H groups in total. The van der Waals surface area contributed by atoms with Gasteiger partial charge < -0.3 is 19.3 Å². The maximum atomic E-state index is 5.42. The molecular formula is C13H18N2O2. The second kappa shape index (κ2) is 4.55. The van der Waals surface area contributed by atoms with Crippen molar-refractivity contribution in [2.75, 3.05) is 49.6 Å². The molecule has 0 amide bonds. The van der Waals surface area contributed by atoms with Crippen molar-refractivity contribution in [3.8, 4) is 0 Å². The lowest BCUT2D eigenvalue weighted by molar-refractivity contribution is 0.201. The van der Waals surface area contributed by atoms with Crippen molar-refractivity contribution < 1.29 is 9.47 Å². The lowest BCUT2D eigenvalue weighted by Gasteiger charge is -2.22. The van der Waals surface area contributed by atoms with Gasteiger partial charge >= 0.3 is 0 Å². The molecule has 0 aromatic heterocycles. The topological polar surface area (TPSA) is 24.9 Å². The van der Waals surface area contributed by atoms with Crippen LogP contribution in [0.1, 0.15) is 5.56 Å². The maximum Gasteiger partial charge on any atom is 0.119 e. The van der Waals surface area contributed by atoms with Crippen LogP contribution in [-0.4, -0.2) is 39.8 Å². The van der Waals surface area contributed by atoms with Gasteiger partial charge in [-0.25, -0.2) is 0 Å². The number of aryl methyl sites for hydroxylation is 1. The van der Waals surface area contributed by atoms with Gasteiger partial charge in [-0.2, -0.15) is 0 Å². The highest BCUT2D eigenvalue weighted by molar-refractivity contribution is 5.63. The van der Waals surface area contributed by atoms with E-state index < -0.39 is 0 Å². The van der Waals surface area contributed by atoms with Crippen LogP contribution in [0.25, 0.3) is 0 Å². The Balaban J connectivity index is 1.88. The third-order valence-electron chi connectivity index (χ3n) is 3.40. The summed E-state index contributed by atoms with van der Waals surface area (Å²) in [6, 6.07) is 6.60. The fourth-order valence-corrected chi connectivity index (χ4v) is 2.36. The van der Waals surface area contributed by atoms with Crippen molar-refractivity contribution in [1.82, 2.24) is 0 Å². The average molecular weight is 234 g/mol. The molecule has 0 bridgehead atoms. The number of ether oxygens (including phenoxy) is 2. The van der Waals surface area contributed by atoms with Crippen LogP contribution in [0, 0.1) is 6.92 Å². The summed E-state index contributed by atoms with van der Waals surface area (Å²) < 4.78 is 10.8. The largest absolute Gasteiger partial charge is 0.359 e. The highest BCUT2D eigenvalue weighted by Crippen LogP contribution is 2.28. The molecule has 2 aliphatic rings. The Kier molecular flexibility index (Phi) is 2.91. The molecule has 0 unspecified atom stereocenters. The molecule has 0 aliphatic carbocycles. The Morgan fingerprint density at radius 2 is 1.71 bits per heavy atom. The van der Waals surface area contributed by atoms with E-state index >= 15 is 0 Å². The smallest absolute Gasteiger partial charge is 0.119 e. The highest BCUT2D eigenvalue weighted by atomic mass is 16.5. The standard InChI is InChI=1S/C13H18N2O2/c1-11-2-3-12(14-4-6-16-9-14)8-13(11)15-5-7-17-10-15/h2-3,8H,4-7,9-10H2,1H3. The zero-order valence-electron chi connectivity index (χ0n) is 10.2. The lowest BCUT2D eigenvalue weighted by atomic mass is 10.1. The minimum absolute atomic E-state index is 0.707. The van der Waals surface area contributed by atoms with Gasteiger partial charge in [-0.3, -0.25) is 0 Å². The minimum atomic E-state index is 0.707. The van der Waals surface area contributed by atoms with Crippen molar-refractivity contribution in [1.29, 1.82) is 0 Å². The first-order valence-electron chi connectivity index (χ1n) is 6.10. The summed E-state index contributed by atoms with van der Waals surface area (Å²) in [5, 5.41) is 0. The van der Waals surface area contributed by atoms with Crippen molar-refractivity contribution in [3.05, 3.63) is 23.8 Å². The molecule has 0 saturated carbocycles. The van der Waals surface area contributed by atoms with Crippen LogP contribution in [0.4, 0.5) is 11.4 Å². The SMILES string of the molecule is Cc1ccc(N2CCOC2)cc1N1CCOC1. The Bertz CT molecular complexity index is 396. The molecular weight excluding hydrogens is 216 g/mol. The van der Waals surface area contributed by atoms with Crippen LogP contribution in [0.15, 0.2) is 18.2 Å². The monoisotopic (exact) mass is 234 g/mol. The van der Waals surface area contributed by atoms with E-state index in [0.29, 0.717) is 13.5 Å². The van der Waals surface area contributed by atoms with Crippen LogP contribution in [-0.2, 0) is 9.47 Å². The van der Waals surface area contributed by atoms with E-state index in [1.54, 1.807) is 0 Å². The molecule has 0 radical (unpaired) electrons. The third kappa shape index (κ3) is 2.10. The summed E-state index contributed by atoms with van der Waals surface area (Å²) in [6.45, 7) is 7.20. The van der Waals surface area contributed by atoms with Gasteiger partial charge in [-0.05, 0) is 24.6 Å². The molecule has 92 valence electrons. The Morgan fingerprint density at radius 1 is 1.00 bits per heavy atom. The van der Waals surface area contributed by atoms with Gasteiger partial charge in [0, 0.05) is 24.5 Å². The molecule has 17 heavy (non-hydrogen) atoms. The third-order valence-corrected chi connectivity index (χ3v) is 3.40. The fourth-order valence-electron chi connectivity index (χ4n) is 2.36. The van der Waals surface area contributed by atoms with Crippen LogP contribution in [0.2, 0.25) is 0 Å². The number of rotatable bonds is 2. The van der Waals surface area contributed by atoms with Crippen molar-refractivity contribution in [2.45, 2.75) is 6.92 Å². The summed E-state index contributed by atoms with van der Waals surface area (Å²) >= 11 is 0. The number of benzene rings is 1. The molecule has 3 rings (SSSR count). The van der Waals surface area contributed by atoms with Crippen molar-refractivity contribution >= 4 is 11.4 Å².